The van der Waals surface area contributed by atoms with E-state index in [1.165, 1.54) is 12.3 Å². The van der Waals surface area contributed by atoms with Crippen molar-refractivity contribution in [2.24, 2.45) is 0 Å². The molecule has 1 aliphatic rings. The smallest absolute Gasteiger partial charge is 0.341 e. The van der Waals surface area contributed by atoms with Crippen LogP contribution in [0.1, 0.15) is 29.6 Å². The molecule has 0 bridgehead atoms. The summed E-state index contributed by atoms with van der Waals surface area (Å²) in [6, 6.07) is 1.48. The van der Waals surface area contributed by atoms with Gasteiger partial charge in [0, 0.05) is 17.3 Å². The molecule has 1 N–H and O–H groups in total. The summed E-state index contributed by atoms with van der Waals surface area (Å²) in [5.41, 5.74) is 0.0557. The highest BCUT2D eigenvalue weighted by Crippen LogP contribution is 2.21. The fraction of sp³-hybridized carbons (Fsp3) is 0.500. The molecule has 1 fully saturated rings. The van der Waals surface area contributed by atoms with Crippen LogP contribution >= 0.6 is 15.9 Å². The molecular weight excluding hydrogens is 302 g/mol. The third-order valence-corrected chi connectivity index (χ3v) is 3.16. The minimum Gasteiger partial charge on any atom is -0.477 e. The molecule has 0 spiro atoms. The van der Waals surface area contributed by atoms with Gasteiger partial charge in [-0.2, -0.15) is 0 Å². The molecule has 5 nitrogen and oxygen atoms in total. The highest BCUT2D eigenvalue weighted by Gasteiger charge is 2.18. The number of rotatable bonds is 4. The Balaban J connectivity index is 2.01. The van der Waals surface area contributed by atoms with Crippen molar-refractivity contribution in [1.82, 2.24) is 4.98 Å². The number of hydrogen-bond acceptors (Lipinski definition) is 4. The Labute approximate surface area is 113 Å². The number of carboxylic acids is 1. The number of ether oxygens (including phenoxy) is 2. The molecule has 1 atom stereocenters. The largest absolute Gasteiger partial charge is 0.477 e. The van der Waals surface area contributed by atoms with E-state index in [0.717, 1.165) is 25.9 Å². The molecule has 0 amide bonds. The van der Waals surface area contributed by atoms with Gasteiger partial charge in [0.1, 0.15) is 12.2 Å². The highest BCUT2D eigenvalue weighted by molar-refractivity contribution is 9.10. The first-order valence-electron chi connectivity index (χ1n) is 5.80. The summed E-state index contributed by atoms with van der Waals surface area (Å²) in [4.78, 5) is 15.0. The number of hydrogen-bond donors (Lipinski definition) is 1. The Morgan fingerprint density at radius 3 is 3.11 bits per heavy atom. The van der Waals surface area contributed by atoms with Crippen molar-refractivity contribution >= 4 is 21.9 Å². The molecular formula is C12H14BrNO4. The molecule has 0 aromatic carbocycles. The van der Waals surface area contributed by atoms with Crippen LogP contribution in [-0.2, 0) is 4.74 Å². The van der Waals surface area contributed by atoms with Crippen molar-refractivity contribution in [3.05, 3.63) is 22.3 Å². The minimum atomic E-state index is -1.05. The second-order valence-corrected chi connectivity index (χ2v) is 5.03. The molecule has 18 heavy (non-hydrogen) atoms. The molecule has 0 saturated carbocycles. The van der Waals surface area contributed by atoms with Gasteiger partial charge in [-0.25, -0.2) is 9.78 Å². The fourth-order valence-corrected chi connectivity index (χ4v) is 2.14. The van der Waals surface area contributed by atoms with E-state index in [2.05, 4.69) is 20.9 Å². The van der Waals surface area contributed by atoms with Gasteiger partial charge in [-0.3, -0.25) is 0 Å². The van der Waals surface area contributed by atoms with Crippen molar-refractivity contribution < 1.29 is 19.4 Å². The zero-order chi connectivity index (χ0) is 13.0. The first kappa shape index (κ1) is 13.3. The lowest BCUT2D eigenvalue weighted by Gasteiger charge is -2.22. The summed E-state index contributed by atoms with van der Waals surface area (Å²) < 4.78 is 11.6. The fourth-order valence-electron chi connectivity index (χ4n) is 1.81. The third-order valence-electron chi connectivity index (χ3n) is 2.73. The predicted molar refractivity (Wildman–Crippen MR) is 68.0 cm³/mol. The minimum absolute atomic E-state index is 0.0332. The Bertz CT molecular complexity index is 432. The quantitative estimate of drug-likeness (QED) is 0.924. The monoisotopic (exact) mass is 315 g/mol. The van der Waals surface area contributed by atoms with Crippen molar-refractivity contribution in [3.63, 3.8) is 0 Å². The number of aromatic nitrogens is 1. The summed E-state index contributed by atoms with van der Waals surface area (Å²) in [5, 5.41) is 9.05. The maximum atomic E-state index is 11.1. The molecule has 6 heteroatoms. The molecule has 1 aromatic rings. The van der Waals surface area contributed by atoms with Crippen LogP contribution in [0.4, 0.5) is 0 Å². The third kappa shape index (κ3) is 3.43. The van der Waals surface area contributed by atoms with Gasteiger partial charge in [-0.05, 0) is 41.3 Å². The first-order chi connectivity index (χ1) is 8.66. The highest BCUT2D eigenvalue weighted by atomic mass is 79.9. The Hall–Kier alpha value is -1.14. The van der Waals surface area contributed by atoms with E-state index in [1.807, 2.05) is 0 Å². The average Bonchev–Trinajstić information content (AvgIpc) is 2.38. The van der Waals surface area contributed by atoms with Crippen molar-refractivity contribution in [2.75, 3.05) is 13.2 Å². The standard InChI is InChI=1S/C12H14BrNO4/c13-8-5-10(12(15)16)11(14-6-8)18-7-9-3-1-2-4-17-9/h5-6,9H,1-4,7H2,(H,15,16). The van der Waals surface area contributed by atoms with Gasteiger partial charge in [-0.15, -0.1) is 0 Å². The van der Waals surface area contributed by atoms with Crippen LogP contribution in [-0.4, -0.2) is 35.4 Å². The zero-order valence-corrected chi connectivity index (χ0v) is 11.4. The van der Waals surface area contributed by atoms with E-state index in [9.17, 15) is 4.79 Å². The van der Waals surface area contributed by atoms with Gasteiger partial charge in [0.05, 0.1) is 6.10 Å². The number of carbonyl (C=O) groups is 1. The first-order valence-corrected chi connectivity index (χ1v) is 6.59. The van der Waals surface area contributed by atoms with Crippen molar-refractivity contribution in [1.29, 1.82) is 0 Å². The molecule has 0 aliphatic carbocycles. The molecule has 1 unspecified atom stereocenters. The van der Waals surface area contributed by atoms with Gasteiger partial charge < -0.3 is 14.6 Å². The number of pyridine rings is 1. The summed E-state index contributed by atoms with van der Waals surface area (Å²) in [7, 11) is 0. The van der Waals surface area contributed by atoms with E-state index in [-0.39, 0.29) is 17.5 Å². The van der Waals surface area contributed by atoms with Gasteiger partial charge in [0.25, 0.3) is 0 Å². The van der Waals surface area contributed by atoms with Crippen LogP contribution in [0.3, 0.4) is 0 Å². The second-order valence-electron chi connectivity index (χ2n) is 4.11. The van der Waals surface area contributed by atoms with Crippen molar-refractivity contribution in [2.45, 2.75) is 25.4 Å². The molecule has 0 radical (unpaired) electrons. The summed E-state index contributed by atoms with van der Waals surface area (Å²) in [6.07, 6.45) is 4.69. The lowest BCUT2D eigenvalue weighted by atomic mass is 10.1. The zero-order valence-electron chi connectivity index (χ0n) is 9.76. The van der Waals surface area contributed by atoms with E-state index < -0.39 is 5.97 Å². The SMILES string of the molecule is O=C(O)c1cc(Br)cnc1OCC1CCCCO1. The topological polar surface area (TPSA) is 68.7 Å². The van der Waals surface area contributed by atoms with Crippen LogP contribution < -0.4 is 4.74 Å². The van der Waals surface area contributed by atoms with Gasteiger partial charge in [0.15, 0.2) is 0 Å². The molecule has 1 aromatic heterocycles. The van der Waals surface area contributed by atoms with E-state index in [0.29, 0.717) is 11.1 Å². The van der Waals surface area contributed by atoms with E-state index >= 15 is 0 Å². The maximum absolute atomic E-state index is 11.1. The summed E-state index contributed by atoms with van der Waals surface area (Å²) in [6.45, 7) is 1.09. The van der Waals surface area contributed by atoms with Crippen LogP contribution in [0.2, 0.25) is 0 Å². The molecule has 1 saturated heterocycles. The summed E-state index contributed by atoms with van der Waals surface area (Å²) >= 11 is 3.19. The maximum Gasteiger partial charge on any atom is 0.341 e. The predicted octanol–water partition coefficient (Wildman–Crippen LogP) is 2.49. The molecule has 1 aliphatic heterocycles. The van der Waals surface area contributed by atoms with Gasteiger partial charge in [-0.1, -0.05) is 0 Å². The number of halogens is 1. The van der Waals surface area contributed by atoms with Crippen LogP contribution in [0.15, 0.2) is 16.7 Å². The number of carboxylic acid groups (broad SMARTS) is 1. The van der Waals surface area contributed by atoms with Crippen LogP contribution in [0, 0.1) is 0 Å². The van der Waals surface area contributed by atoms with E-state index in [4.69, 9.17) is 14.6 Å². The number of nitrogens with zero attached hydrogens (tertiary/aromatic N) is 1. The Morgan fingerprint density at radius 1 is 1.61 bits per heavy atom. The van der Waals surface area contributed by atoms with Crippen LogP contribution in [0.25, 0.3) is 0 Å². The van der Waals surface area contributed by atoms with E-state index in [1.54, 1.807) is 0 Å². The Kier molecular flexibility index (Phi) is 4.54. The Morgan fingerprint density at radius 2 is 2.44 bits per heavy atom. The average molecular weight is 316 g/mol. The number of aromatic carboxylic acids is 1. The normalized spacial score (nSPS) is 19.5. The second kappa shape index (κ2) is 6.15. The molecule has 2 heterocycles. The van der Waals surface area contributed by atoms with Gasteiger partial charge in [0.2, 0.25) is 5.88 Å². The molecule has 2 rings (SSSR count). The lowest BCUT2D eigenvalue weighted by molar-refractivity contribution is -0.0122. The lowest BCUT2D eigenvalue weighted by Crippen LogP contribution is -2.26. The van der Waals surface area contributed by atoms with Crippen molar-refractivity contribution in [3.8, 4) is 5.88 Å². The van der Waals surface area contributed by atoms with Crippen LogP contribution in [0.5, 0.6) is 5.88 Å². The van der Waals surface area contributed by atoms with Gasteiger partial charge >= 0.3 is 5.97 Å². The molecule has 98 valence electrons. The summed E-state index contributed by atoms with van der Waals surface area (Å²) in [5.74, 6) is -0.914.